The largest absolute Gasteiger partial charge is 0.355 e. The van der Waals surface area contributed by atoms with Crippen molar-refractivity contribution in [3.05, 3.63) is 29.3 Å². The molecular formula is C13H18ClN3O2. The Morgan fingerprint density at radius 2 is 1.89 bits per heavy atom. The van der Waals surface area contributed by atoms with E-state index in [0.29, 0.717) is 17.3 Å². The summed E-state index contributed by atoms with van der Waals surface area (Å²) in [5.74, 6) is -0.333. The van der Waals surface area contributed by atoms with Crippen LogP contribution in [0.1, 0.15) is 13.8 Å². The summed E-state index contributed by atoms with van der Waals surface area (Å²) in [6.45, 7) is 4.20. The molecular weight excluding hydrogens is 266 g/mol. The zero-order chi connectivity index (χ0) is 14.3. The van der Waals surface area contributed by atoms with E-state index in [9.17, 15) is 9.59 Å². The van der Waals surface area contributed by atoms with Crippen LogP contribution in [0.15, 0.2) is 24.3 Å². The molecule has 0 heterocycles. The number of benzene rings is 1. The maximum Gasteiger partial charge on any atom is 0.238 e. The highest BCUT2D eigenvalue weighted by Gasteiger charge is 2.12. The van der Waals surface area contributed by atoms with Gasteiger partial charge >= 0.3 is 0 Å². The molecule has 104 valence electrons. The first kappa shape index (κ1) is 15.5. The van der Waals surface area contributed by atoms with E-state index in [1.807, 2.05) is 6.92 Å². The van der Waals surface area contributed by atoms with Crippen molar-refractivity contribution in [1.29, 1.82) is 0 Å². The van der Waals surface area contributed by atoms with Crippen LogP contribution in [-0.2, 0) is 9.59 Å². The van der Waals surface area contributed by atoms with E-state index < -0.39 is 6.04 Å². The molecule has 1 aromatic rings. The van der Waals surface area contributed by atoms with Crippen molar-refractivity contribution in [3.8, 4) is 0 Å². The highest BCUT2D eigenvalue weighted by Crippen LogP contribution is 2.12. The van der Waals surface area contributed by atoms with Gasteiger partial charge in [0, 0.05) is 17.3 Å². The molecule has 0 aromatic heterocycles. The minimum atomic E-state index is -0.407. The van der Waals surface area contributed by atoms with Crippen LogP contribution in [0.2, 0.25) is 5.02 Å². The third-order valence-corrected chi connectivity index (χ3v) is 2.69. The van der Waals surface area contributed by atoms with Crippen LogP contribution in [0.25, 0.3) is 0 Å². The summed E-state index contributed by atoms with van der Waals surface area (Å²) >= 11 is 5.75. The molecule has 0 aliphatic heterocycles. The molecule has 1 aromatic carbocycles. The minimum absolute atomic E-state index is 0.0704. The molecule has 0 saturated carbocycles. The van der Waals surface area contributed by atoms with Crippen LogP contribution in [0, 0.1) is 0 Å². The number of hydrogen-bond donors (Lipinski definition) is 3. The average Bonchev–Trinajstić information content (AvgIpc) is 2.39. The summed E-state index contributed by atoms with van der Waals surface area (Å²) in [5.41, 5.74) is 0.668. The second kappa shape index (κ2) is 7.76. The van der Waals surface area contributed by atoms with E-state index in [1.165, 1.54) is 0 Å². The Hall–Kier alpha value is -1.59. The second-order valence-electron chi connectivity index (χ2n) is 4.05. The highest BCUT2D eigenvalue weighted by molar-refractivity contribution is 6.30. The molecule has 1 unspecified atom stereocenters. The molecule has 0 aliphatic carbocycles. The standard InChI is InChI=1S/C13H18ClN3O2/c1-3-15-13(19)9(2)16-8-12(18)17-11-6-4-10(14)5-7-11/h4-7,9,16H,3,8H2,1-2H3,(H,15,19)(H,17,18). The van der Waals surface area contributed by atoms with Gasteiger partial charge in [0.1, 0.15) is 0 Å². The zero-order valence-electron chi connectivity index (χ0n) is 11.0. The van der Waals surface area contributed by atoms with Crippen LogP contribution in [-0.4, -0.2) is 30.9 Å². The SMILES string of the molecule is CCNC(=O)C(C)NCC(=O)Nc1ccc(Cl)cc1. The van der Waals surface area contributed by atoms with Gasteiger partial charge in [0.15, 0.2) is 0 Å². The van der Waals surface area contributed by atoms with Crippen molar-refractivity contribution in [1.82, 2.24) is 10.6 Å². The van der Waals surface area contributed by atoms with Crippen LogP contribution in [0.5, 0.6) is 0 Å². The monoisotopic (exact) mass is 283 g/mol. The predicted molar refractivity (Wildman–Crippen MR) is 76.2 cm³/mol. The van der Waals surface area contributed by atoms with Gasteiger partial charge in [-0.15, -0.1) is 0 Å². The fourth-order valence-corrected chi connectivity index (χ4v) is 1.53. The van der Waals surface area contributed by atoms with Gasteiger partial charge in [-0.05, 0) is 38.1 Å². The molecule has 1 rings (SSSR count). The van der Waals surface area contributed by atoms with Gasteiger partial charge in [-0.3, -0.25) is 14.9 Å². The summed E-state index contributed by atoms with van der Waals surface area (Å²) in [6.07, 6.45) is 0. The van der Waals surface area contributed by atoms with Crippen molar-refractivity contribution in [2.45, 2.75) is 19.9 Å². The topological polar surface area (TPSA) is 70.2 Å². The molecule has 0 fully saturated rings. The number of carbonyl (C=O) groups is 2. The van der Waals surface area contributed by atoms with Crippen molar-refractivity contribution in [2.75, 3.05) is 18.4 Å². The number of anilines is 1. The number of nitrogens with one attached hydrogen (secondary N) is 3. The number of rotatable bonds is 6. The van der Waals surface area contributed by atoms with Gasteiger partial charge in [-0.1, -0.05) is 11.6 Å². The van der Waals surface area contributed by atoms with Crippen LogP contribution in [0.3, 0.4) is 0 Å². The van der Waals surface area contributed by atoms with Gasteiger partial charge in [0.05, 0.1) is 12.6 Å². The predicted octanol–water partition coefficient (Wildman–Crippen LogP) is 1.39. The second-order valence-corrected chi connectivity index (χ2v) is 4.49. The Bertz CT molecular complexity index is 434. The molecule has 3 N–H and O–H groups in total. The molecule has 2 amide bonds. The van der Waals surface area contributed by atoms with Crippen molar-refractivity contribution >= 4 is 29.1 Å². The summed E-state index contributed by atoms with van der Waals surface area (Å²) < 4.78 is 0. The Morgan fingerprint density at radius 1 is 1.26 bits per heavy atom. The summed E-state index contributed by atoms with van der Waals surface area (Å²) in [6, 6.07) is 6.42. The lowest BCUT2D eigenvalue weighted by Gasteiger charge is -2.13. The van der Waals surface area contributed by atoms with E-state index in [2.05, 4.69) is 16.0 Å². The first-order chi connectivity index (χ1) is 9.02. The fourth-order valence-electron chi connectivity index (χ4n) is 1.40. The first-order valence-electron chi connectivity index (χ1n) is 6.09. The third-order valence-electron chi connectivity index (χ3n) is 2.44. The molecule has 0 aliphatic rings. The molecule has 0 spiro atoms. The molecule has 0 saturated heterocycles. The van der Waals surface area contributed by atoms with Gasteiger partial charge in [0.2, 0.25) is 11.8 Å². The van der Waals surface area contributed by atoms with Gasteiger partial charge in [-0.2, -0.15) is 0 Å². The number of carbonyl (C=O) groups excluding carboxylic acids is 2. The van der Waals surface area contributed by atoms with Crippen LogP contribution >= 0.6 is 11.6 Å². The third kappa shape index (κ3) is 5.72. The number of likely N-dealkylation sites (N-methyl/N-ethyl adjacent to an activating group) is 1. The summed E-state index contributed by atoms with van der Waals surface area (Å²) in [4.78, 5) is 23.1. The minimum Gasteiger partial charge on any atom is -0.355 e. The lowest BCUT2D eigenvalue weighted by molar-refractivity contribution is -0.122. The molecule has 1 atom stereocenters. The molecule has 5 nitrogen and oxygen atoms in total. The first-order valence-corrected chi connectivity index (χ1v) is 6.47. The Labute approximate surface area is 117 Å². The average molecular weight is 284 g/mol. The fraction of sp³-hybridized carbons (Fsp3) is 0.385. The quantitative estimate of drug-likeness (QED) is 0.739. The molecule has 0 bridgehead atoms. The number of amides is 2. The van der Waals surface area contributed by atoms with Crippen molar-refractivity contribution in [2.24, 2.45) is 0 Å². The molecule has 19 heavy (non-hydrogen) atoms. The van der Waals surface area contributed by atoms with E-state index >= 15 is 0 Å². The van der Waals surface area contributed by atoms with Crippen molar-refractivity contribution in [3.63, 3.8) is 0 Å². The smallest absolute Gasteiger partial charge is 0.238 e. The van der Waals surface area contributed by atoms with E-state index in [4.69, 9.17) is 11.6 Å². The van der Waals surface area contributed by atoms with Crippen LogP contribution < -0.4 is 16.0 Å². The molecule has 6 heteroatoms. The van der Waals surface area contributed by atoms with E-state index in [1.54, 1.807) is 31.2 Å². The summed E-state index contributed by atoms with van der Waals surface area (Å²) in [5, 5.41) is 8.84. The van der Waals surface area contributed by atoms with Gasteiger partial charge < -0.3 is 10.6 Å². The lowest BCUT2D eigenvalue weighted by atomic mass is 10.3. The van der Waals surface area contributed by atoms with E-state index in [0.717, 1.165) is 0 Å². The maximum absolute atomic E-state index is 11.6. The van der Waals surface area contributed by atoms with E-state index in [-0.39, 0.29) is 18.4 Å². The number of halogens is 1. The van der Waals surface area contributed by atoms with Crippen LogP contribution in [0.4, 0.5) is 5.69 Å². The summed E-state index contributed by atoms with van der Waals surface area (Å²) in [7, 11) is 0. The maximum atomic E-state index is 11.6. The Kier molecular flexibility index (Phi) is 6.32. The zero-order valence-corrected chi connectivity index (χ0v) is 11.8. The Morgan fingerprint density at radius 3 is 2.47 bits per heavy atom. The lowest BCUT2D eigenvalue weighted by Crippen LogP contribution is -2.44. The van der Waals surface area contributed by atoms with Gasteiger partial charge in [0.25, 0.3) is 0 Å². The highest BCUT2D eigenvalue weighted by atomic mass is 35.5. The van der Waals surface area contributed by atoms with Gasteiger partial charge in [-0.25, -0.2) is 0 Å². The Balaban J connectivity index is 2.35. The molecule has 0 radical (unpaired) electrons. The van der Waals surface area contributed by atoms with Crippen molar-refractivity contribution < 1.29 is 9.59 Å². The normalized spacial score (nSPS) is 11.7. The number of hydrogen-bond acceptors (Lipinski definition) is 3.